The second-order valence-corrected chi connectivity index (χ2v) is 9.98. The number of carbonyl (C=O) groups is 2. The number of fused-ring (bicyclic) bond motifs is 1. The first-order chi connectivity index (χ1) is 19.5. The highest BCUT2D eigenvalue weighted by Gasteiger charge is 2.38. The van der Waals surface area contributed by atoms with Crippen molar-refractivity contribution in [3.8, 4) is 0 Å². The van der Waals surface area contributed by atoms with Crippen LogP contribution in [0.5, 0.6) is 0 Å². The fraction of sp³-hybridized carbons (Fsp3) is 0.250. The monoisotopic (exact) mass is 539 g/mol. The molecule has 3 unspecified atom stereocenters. The molecule has 1 fully saturated rings. The minimum absolute atomic E-state index is 0.0907. The van der Waals surface area contributed by atoms with Gasteiger partial charge in [-0.2, -0.15) is 0 Å². The van der Waals surface area contributed by atoms with Crippen molar-refractivity contribution in [1.82, 2.24) is 4.90 Å². The summed E-state index contributed by atoms with van der Waals surface area (Å²) in [4.78, 5) is 25.1. The topological polar surface area (TPSA) is 111 Å². The number of carbonyl (C=O) groups excluding carboxylic acids is 2. The maximum atomic E-state index is 12.1. The van der Waals surface area contributed by atoms with Crippen LogP contribution in [0.2, 0.25) is 0 Å². The number of hydrogen-bond acceptors (Lipinski definition) is 6. The molecule has 0 bridgehead atoms. The van der Waals surface area contributed by atoms with Crippen LogP contribution in [0.3, 0.4) is 0 Å². The largest absolute Gasteiger partial charge is 0.530 e. The van der Waals surface area contributed by atoms with Gasteiger partial charge in [0.05, 0.1) is 12.7 Å². The molecule has 206 valence electrons. The number of ether oxygens (including phenoxy) is 2. The SMILES string of the molecule is O=C(Nc1ccccc1)OCc1ccc(C2C(CO)CN(C(=O)[O-])CC2OCc2ccc3ccccc3c2)cc1. The smallest absolute Gasteiger partial charge is 0.411 e. The molecule has 2 amide bonds. The highest BCUT2D eigenvalue weighted by atomic mass is 16.5. The van der Waals surface area contributed by atoms with Crippen LogP contribution in [0.4, 0.5) is 15.3 Å². The summed E-state index contributed by atoms with van der Waals surface area (Å²) in [6, 6.07) is 30.8. The van der Waals surface area contributed by atoms with E-state index in [1.807, 2.05) is 78.9 Å². The van der Waals surface area contributed by atoms with Gasteiger partial charge in [0.1, 0.15) is 12.7 Å². The molecule has 8 nitrogen and oxygen atoms in total. The molecule has 0 aromatic heterocycles. The van der Waals surface area contributed by atoms with Gasteiger partial charge in [-0.3, -0.25) is 5.32 Å². The number of piperidine rings is 1. The molecule has 0 radical (unpaired) electrons. The van der Waals surface area contributed by atoms with E-state index in [4.69, 9.17) is 9.47 Å². The van der Waals surface area contributed by atoms with Crippen molar-refractivity contribution >= 4 is 28.6 Å². The average Bonchev–Trinajstić information content (AvgIpc) is 2.99. The lowest BCUT2D eigenvalue weighted by atomic mass is 9.78. The van der Waals surface area contributed by atoms with E-state index in [2.05, 4.69) is 11.4 Å². The van der Waals surface area contributed by atoms with Gasteiger partial charge in [-0.05, 0) is 45.7 Å². The van der Waals surface area contributed by atoms with E-state index in [0.717, 1.165) is 27.5 Å². The standard InChI is InChI=1S/C32H32N2O6/c35-19-27-17-34(32(37)38)18-29(39-21-23-12-13-24-6-4-5-7-26(24)16-23)30(27)25-14-10-22(11-15-25)20-40-31(36)33-28-8-2-1-3-9-28/h1-16,27,29-30,35H,17-21H2,(H,33,36)(H,37,38)/p-1. The van der Waals surface area contributed by atoms with Gasteiger partial charge in [0.15, 0.2) is 0 Å². The number of anilines is 1. The summed E-state index contributed by atoms with van der Waals surface area (Å²) in [6.45, 7) is 0.487. The number of nitrogens with zero attached hydrogens (tertiary/aromatic N) is 1. The minimum Gasteiger partial charge on any atom is -0.530 e. The summed E-state index contributed by atoms with van der Waals surface area (Å²) in [5.41, 5.74) is 3.34. The summed E-state index contributed by atoms with van der Waals surface area (Å²) in [7, 11) is 0. The number of nitrogens with one attached hydrogen (secondary N) is 1. The number of likely N-dealkylation sites (tertiary alicyclic amines) is 1. The van der Waals surface area contributed by atoms with Crippen LogP contribution in [-0.4, -0.2) is 48.0 Å². The number of hydrogen-bond donors (Lipinski definition) is 2. The number of aliphatic hydroxyl groups excluding tert-OH is 1. The van der Waals surface area contributed by atoms with E-state index in [9.17, 15) is 19.8 Å². The van der Waals surface area contributed by atoms with Gasteiger partial charge >= 0.3 is 6.09 Å². The fourth-order valence-electron chi connectivity index (χ4n) is 5.26. The number of para-hydroxylation sites is 1. The molecule has 40 heavy (non-hydrogen) atoms. The predicted octanol–water partition coefficient (Wildman–Crippen LogP) is 4.52. The van der Waals surface area contributed by atoms with Crippen molar-refractivity contribution in [2.75, 3.05) is 25.0 Å². The first-order valence-electron chi connectivity index (χ1n) is 13.2. The van der Waals surface area contributed by atoms with Crippen LogP contribution < -0.4 is 10.4 Å². The number of aliphatic hydroxyl groups is 1. The molecular weight excluding hydrogens is 508 g/mol. The van der Waals surface area contributed by atoms with E-state index in [1.165, 1.54) is 4.90 Å². The molecule has 3 atom stereocenters. The minimum atomic E-state index is -1.28. The normalized spacial score (nSPS) is 18.8. The van der Waals surface area contributed by atoms with Crippen molar-refractivity contribution in [3.05, 3.63) is 114 Å². The summed E-state index contributed by atoms with van der Waals surface area (Å²) in [5.74, 6) is -0.607. The third-order valence-electron chi connectivity index (χ3n) is 7.29. The van der Waals surface area contributed by atoms with Gasteiger partial charge in [0, 0.05) is 37.2 Å². The van der Waals surface area contributed by atoms with E-state index in [0.29, 0.717) is 12.3 Å². The van der Waals surface area contributed by atoms with Crippen molar-refractivity contribution in [3.63, 3.8) is 0 Å². The van der Waals surface area contributed by atoms with Gasteiger partial charge in [0.2, 0.25) is 0 Å². The molecule has 0 spiro atoms. The van der Waals surface area contributed by atoms with E-state index in [1.54, 1.807) is 12.1 Å². The number of carboxylic acid groups (broad SMARTS) is 1. The zero-order valence-corrected chi connectivity index (χ0v) is 21.9. The fourth-order valence-corrected chi connectivity index (χ4v) is 5.26. The molecule has 1 heterocycles. The van der Waals surface area contributed by atoms with E-state index < -0.39 is 18.3 Å². The Kier molecular flexibility index (Phi) is 8.59. The Morgan fingerprint density at radius 1 is 0.850 bits per heavy atom. The zero-order chi connectivity index (χ0) is 27.9. The summed E-state index contributed by atoms with van der Waals surface area (Å²) < 4.78 is 11.7. The third kappa shape index (κ3) is 6.59. The Labute approximate surface area is 232 Å². The second-order valence-electron chi connectivity index (χ2n) is 9.98. The Morgan fingerprint density at radius 3 is 2.27 bits per heavy atom. The number of rotatable bonds is 8. The number of amides is 2. The third-order valence-corrected chi connectivity index (χ3v) is 7.29. The molecule has 0 saturated carbocycles. The van der Waals surface area contributed by atoms with Crippen LogP contribution in [0.1, 0.15) is 22.6 Å². The van der Waals surface area contributed by atoms with Crippen LogP contribution in [0.25, 0.3) is 10.8 Å². The van der Waals surface area contributed by atoms with Gasteiger partial charge in [-0.25, -0.2) is 4.79 Å². The number of benzene rings is 4. The Morgan fingerprint density at radius 2 is 1.55 bits per heavy atom. The molecule has 8 heteroatoms. The highest BCUT2D eigenvalue weighted by Crippen LogP contribution is 2.36. The van der Waals surface area contributed by atoms with Crippen molar-refractivity contribution in [1.29, 1.82) is 0 Å². The van der Waals surface area contributed by atoms with Gasteiger partial charge in [-0.15, -0.1) is 0 Å². The molecule has 5 rings (SSSR count). The van der Waals surface area contributed by atoms with Crippen LogP contribution in [0, 0.1) is 5.92 Å². The molecule has 1 saturated heterocycles. The predicted molar refractivity (Wildman–Crippen MR) is 150 cm³/mol. The van der Waals surface area contributed by atoms with Crippen LogP contribution in [0.15, 0.2) is 97.1 Å². The molecule has 1 aliphatic rings. The molecule has 2 N–H and O–H groups in total. The lowest BCUT2D eigenvalue weighted by Crippen LogP contribution is -2.55. The van der Waals surface area contributed by atoms with E-state index in [-0.39, 0.29) is 38.1 Å². The Balaban J connectivity index is 1.28. The summed E-state index contributed by atoms with van der Waals surface area (Å²) >= 11 is 0. The van der Waals surface area contributed by atoms with Gasteiger partial charge < -0.3 is 29.4 Å². The molecule has 0 aliphatic carbocycles. The van der Waals surface area contributed by atoms with Crippen molar-refractivity contribution in [2.24, 2.45) is 5.92 Å². The first kappa shape index (κ1) is 27.2. The molecule has 4 aromatic carbocycles. The summed E-state index contributed by atoms with van der Waals surface area (Å²) in [5, 5.41) is 26.9. The van der Waals surface area contributed by atoms with Crippen molar-refractivity contribution in [2.45, 2.75) is 25.2 Å². The lowest BCUT2D eigenvalue weighted by Gasteiger charge is -2.44. The second kappa shape index (κ2) is 12.6. The van der Waals surface area contributed by atoms with Crippen LogP contribution in [-0.2, 0) is 22.7 Å². The Bertz CT molecular complexity index is 1440. The highest BCUT2D eigenvalue weighted by molar-refractivity contribution is 5.84. The maximum absolute atomic E-state index is 12.1. The Hall–Kier alpha value is -4.40. The molecular formula is C32H31N2O6-. The maximum Gasteiger partial charge on any atom is 0.411 e. The van der Waals surface area contributed by atoms with Crippen LogP contribution >= 0.6 is 0 Å². The first-order valence-corrected chi connectivity index (χ1v) is 13.2. The van der Waals surface area contributed by atoms with E-state index >= 15 is 0 Å². The zero-order valence-electron chi connectivity index (χ0n) is 21.9. The average molecular weight is 540 g/mol. The summed E-state index contributed by atoms with van der Waals surface area (Å²) in [6.07, 6.45) is -2.32. The van der Waals surface area contributed by atoms with Crippen molar-refractivity contribution < 1.29 is 29.3 Å². The molecule has 1 aliphatic heterocycles. The lowest BCUT2D eigenvalue weighted by molar-refractivity contribution is -0.270. The molecule has 4 aromatic rings. The van der Waals surface area contributed by atoms with Gasteiger partial charge in [-0.1, -0.05) is 78.9 Å². The van der Waals surface area contributed by atoms with Gasteiger partial charge in [0.25, 0.3) is 0 Å². The quantitative estimate of drug-likeness (QED) is 0.341.